The van der Waals surface area contributed by atoms with Crippen LogP contribution in [-0.4, -0.2) is 5.91 Å². The third-order valence-electron chi connectivity index (χ3n) is 4.76. The average Bonchev–Trinajstić information content (AvgIpc) is 2.81. The van der Waals surface area contributed by atoms with Crippen molar-refractivity contribution in [3.8, 4) is 0 Å². The molecule has 4 rings (SSSR count). The van der Waals surface area contributed by atoms with Gasteiger partial charge in [0.25, 0.3) is 5.91 Å². The van der Waals surface area contributed by atoms with Gasteiger partial charge < -0.3 is 9.88 Å². The molecular weight excluding hydrogens is 377 g/mol. The van der Waals surface area contributed by atoms with Crippen LogP contribution in [0.15, 0.2) is 115 Å². The standard InChI is InChI=1S/C25H20NO2P/c27-25(20-10-4-1-5-11-20)26-21-16-18-24(19-17-21)29(28,22-12-6-2-7-13-22)23-14-8-3-9-15-23/h1-19H,(H,26,27). The van der Waals surface area contributed by atoms with Crippen molar-refractivity contribution in [2.75, 3.05) is 5.32 Å². The molecule has 0 aliphatic rings. The Labute approximate surface area is 170 Å². The number of carbonyl (C=O) groups excluding carboxylic acids is 1. The summed E-state index contributed by atoms with van der Waals surface area (Å²) >= 11 is 0. The Kier molecular flexibility index (Phi) is 5.41. The predicted octanol–water partition coefficient (Wildman–Crippen LogP) is 4.58. The zero-order chi connectivity index (χ0) is 20.1. The van der Waals surface area contributed by atoms with E-state index in [1.54, 1.807) is 24.3 Å². The number of hydrogen-bond donors (Lipinski definition) is 1. The van der Waals surface area contributed by atoms with Crippen LogP contribution in [-0.2, 0) is 4.57 Å². The van der Waals surface area contributed by atoms with Gasteiger partial charge in [0.15, 0.2) is 7.14 Å². The van der Waals surface area contributed by atoms with Gasteiger partial charge in [-0.2, -0.15) is 0 Å². The molecule has 0 atom stereocenters. The van der Waals surface area contributed by atoms with Gasteiger partial charge >= 0.3 is 0 Å². The van der Waals surface area contributed by atoms with Crippen molar-refractivity contribution in [1.82, 2.24) is 0 Å². The zero-order valence-electron chi connectivity index (χ0n) is 15.7. The molecule has 0 heterocycles. The molecule has 142 valence electrons. The Morgan fingerprint density at radius 3 is 1.45 bits per heavy atom. The van der Waals surface area contributed by atoms with Crippen molar-refractivity contribution < 1.29 is 9.36 Å². The Morgan fingerprint density at radius 1 is 0.552 bits per heavy atom. The van der Waals surface area contributed by atoms with E-state index in [0.717, 1.165) is 15.9 Å². The van der Waals surface area contributed by atoms with Crippen molar-refractivity contribution in [3.05, 3.63) is 121 Å². The number of hydrogen-bond acceptors (Lipinski definition) is 2. The molecule has 0 radical (unpaired) electrons. The van der Waals surface area contributed by atoms with E-state index in [-0.39, 0.29) is 5.91 Å². The molecule has 4 aromatic rings. The Morgan fingerprint density at radius 2 is 0.966 bits per heavy atom. The number of amides is 1. The van der Waals surface area contributed by atoms with Crippen LogP contribution >= 0.6 is 7.14 Å². The Bertz CT molecular complexity index is 1100. The first kappa shape index (κ1) is 18.9. The second-order valence-electron chi connectivity index (χ2n) is 6.65. The number of nitrogens with one attached hydrogen (secondary N) is 1. The molecular formula is C25H20NO2P. The Hall–Kier alpha value is -3.42. The first-order valence-electron chi connectivity index (χ1n) is 9.36. The van der Waals surface area contributed by atoms with Gasteiger partial charge in [-0.3, -0.25) is 4.79 Å². The lowest BCUT2D eigenvalue weighted by atomic mass is 10.2. The first-order chi connectivity index (χ1) is 14.2. The summed E-state index contributed by atoms with van der Waals surface area (Å²) in [7, 11) is -3.00. The van der Waals surface area contributed by atoms with Crippen LogP contribution in [0, 0.1) is 0 Å². The van der Waals surface area contributed by atoms with Gasteiger partial charge in [0.05, 0.1) is 0 Å². The fourth-order valence-corrected chi connectivity index (χ4v) is 5.92. The van der Waals surface area contributed by atoms with Crippen LogP contribution in [0.4, 0.5) is 5.69 Å². The molecule has 29 heavy (non-hydrogen) atoms. The number of anilines is 1. The smallest absolute Gasteiger partial charge is 0.255 e. The molecule has 0 aliphatic heterocycles. The maximum atomic E-state index is 14.3. The van der Waals surface area contributed by atoms with E-state index in [0.29, 0.717) is 11.3 Å². The predicted molar refractivity (Wildman–Crippen MR) is 120 cm³/mol. The van der Waals surface area contributed by atoms with Crippen molar-refractivity contribution in [3.63, 3.8) is 0 Å². The molecule has 0 unspecified atom stereocenters. The SMILES string of the molecule is O=C(Nc1ccc(P(=O)(c2ccccc2)c2ccccc2)cc1)c1ccccc1. The highest BCUT2D eigenvalue weighted by molar-refractivity contribution is 7.85. The monoisotopic (exact) mass is 397 g/mol. The minimum absolute atomic E-state index is 0.173. The first-order valence-corrected chi connectivity index (χ1v) is 11.1. The summed E-state index contributed by atoms with van der Waals surface area (Å²) in [5.74, 6) is -0.173. The van der Waals surface area contributed by atoms with E-state index in [4.69, 9.17) is 0 Å². The van der Waals surface area contributed by atoms with E-state index in [1.807, 2.05) is 91.0 Å². The van der Waals surface area contributed by atoms with Gasteiger partial charge in [0.2, 0.25) is 0 Å². The van der Waals surface area contributed by atoms with E-state index < -0.39 is 7.14 Å². The van der Waals surface area contributed by atoms with Crippen LogP contribution in [0.25, 0.3) is 0 Å². The van der Waals surface area contributed by atoms with Crippen molar-refractivity contribution >= 4 is 34.7 Å². The maximum absolute atomic E-state index is 14.3. The highest BCUT2D eigenvalue weighted by Gasteiger charge is 2.29. The molecule has 0 saturated carbocycles. The normalized spacial score (nSPS) is 11.0. The van der Waals surface area contributed by atoms with Crippen molar-refractivity contribution in [2.45, 2.75) is 0 Å². The number of carbonyl (C=O) groups is 1. The van der Waals surface area contributed by atoms with Crippen LogP contribution in [0.5, 0.6) is 0 Å². The van der Waals surface area contributed by atoms with Crippen LogP contribution in [0.2, 0.25) is 0 Å². The minimum Gasteiger partial charge on any atom is -0.322 e. The van der Waals surface area contributed by atoms with E-state index in [1.165, 1.54) is 0 Å². The lowest BCUT2D eigenvalue weighted by molar-refractivity contribution is 0.102. The van der Waals surface area contributed by atoms with Crippen molar-refractivity contribution in [1.29, 1.82) is 0 Å². The van der Waals surface area contributed by atoms with Gasteiger partial charge in [-0.25, -0.2) is 0 Å². The highest BCUT2D eigenvalue weighted by atomic mass is 31.2. The summed E-state index contributed by atoms with van der Waals surface area (Å²) in [6.45, 7) is 0. The minimum atomic E-state index is -3.00. The quantitative estimate of drug-likeness (QED) is 0.501. The third-order valence-corrected chi connectivity index (χ3v) is 7.84. The highest BCUT2D eigenvalue weighted by Crippen LogP contribution is 2.42. The summed E-state index contributed by atoms with van der Waals surface area (Å²) in [5.41, 5.74) is 1.26. The van der Waals surface area contributed by atoms with E-state index in [9.17, 15) is 9.36 Å². The number of benzene rings is 4. The molecule has 0 fully saturated rings. The maximum Gasteiger partial charge on any atom is 0.255 e. The summed E-state index contributed by atoms with van der Waals surface area (Å²) in [5, 5.41) is 5.19. The second-order valence-corrected chi connectivity index (χ2v) is 9.42. The molecule has 0 aliphatic carbocycles. The molecule has 4 aromatic carbocycles. The van der Waals surface area contributed by atoms with Crippen LogP contribution in [0.1, 0.15) is 10.4 Å². The molecule has 0 saturated heterocycles. The van der Waals surface area contributed by atoms with Crippen LogP contribution in [0.3, 0.4) is 0 Å². The largest absolute Gasteiger partial charge is 0.322 e. The molecule has 0 spiro atoms. The summed E-state index contributed by atoms with van der Waals surface area (Å²) in [6, 6.07) is 35.4. The Balaban J connectivity index is 1.68. The van der Waals surface area contributed by atoms with E-state index in [2.05, 4.69) is 5.32 Å². The van der Waals surface area contributed by atoms with Gasteiger partial charge in [0, 0.05) is 27.2 Å². The van der Waals surface area contributed by atoms with Gasteiger partial charge in [-0.1, -0.05) is 78.9 Å². The second kappa shape index (κ2) is 8.30. The average molecular weight is 397 g/mol. The third kappa shape index (κ3) is 3.91. The lowest BCUT2D eigenvalue weighted by Gasteiger charge is -2.20. The lowest BCUT2D eigenvalue weighted by Crippen LogP contribution is -2.25. The fourth-order valence-electron chi connectivity index (χ4n) is 3.27. The van der Waals surface area contributed by atoms with Gasteiger partial charge in [-0.15, -0.1) is 0 Å². The fraction of sp³-hybridized carbons (Fsp3) is 0. The molecule has 0 aromatic heterocycles. The van der Waals surface area contributed by atoms with E-state index >= 15 is 0 Å². The summed E-state index contributed by atoms with van der Waals surface area (Å²) in [6.07, 6.45) is 0. The van der Waals surface area contributed by atoms with Gasteiger partial charge in [0.1, 0.15) is 0 Å². The molecule has 1 amide bonds. The van der Waals surface area contributed by atoms with Crippen LogP contribution < -0.4 is 21.2 Å². The molecule has 3 nitrogen and oxygen atoms in total. The zero-order valence-corrected chi connectivity index (χ0v) is 16.6. The molecule has 4 heteroatoms. The molecule has 0 bridgehead atoms. The number of rotatable bonds is 5. The summed E-state index contributed by atoms with van der Waals surface area (Å²) in [4.78, 5) is 12.4. The van der Waals surface area contributed by atoms with Crippen molar-refractivity contribution in [2.24, 2.45) is 0 Å². The summed E-state index contributed by atoms with van der Waals surface area (Å²) < 4.78 is 14.3. The topological polar surface area (TPSA) is 46.2 Å². The van der Waals surface area contributed by atoms with Gasteiger partial charge in [-0.05, 0) is 36.4 Å². The molecule has 1 N–H and O–H groups in total.